The number of fused-ring (bicyclic) bond motifs is 1. The van der Waals surface area contributed by atoms with Crippen LogP contribution in [-0.4, -0.2) is 33.0 Å². The first-order valence-corrected chi connectivity index (χ1v) is 9.82. The highest BCUT2D eigenvalue weighted by Gasteiger charge is 2.28. The van der Waals surface area contributed by atoms with Gasteiger partial charge in [-0.05, 0) is 48.4 Å². The maximum Gasteiger partial charge on any atom is 0.237 e. The van der Waals surface area contributed by atoms with Crippen LogP contribution in [0, 0.1) is 4.77 Å². The molecule has 0 radical (unpaired) electrons. The highest BCUT2D eigenvalue weighted by molar-refractivity contribution is 8.00. The Morgan fingerprint density at radius 3 is 3.08 bits per heavy atom. The van der Waals surface area contributed by atoms with Crippen LogP contribution in [0.4, 0.5) is 0 Å². The maximum absolute atomic E-state index is 12.6. The maximum atomic E-state index is 12.6. The molecule has 1 aliphatic heterocycles. The van der Waals surface area contributed by atoms with E-state index in [1.165, 1.54) is 18.4 Å². The van der Waals surface area contributed by atoms with Crippen molar-refractivity contribution in [2.24, 2.45) is 0 Å². The Balaban J connectivity index is 1.39. The van der Waals surface area contributed by atoms with E-state index in [0.717, 1.165) is 23.6 Å². The molecule has 2 aliphatic rings. The van der Waals surface area contributed by atoms with E-state index in [-0.39, 0.29) is 11.2 Å². The number of benzene rings is 1. The molecule has 0 bridgehead atoms. The van der Waals surface area contributed by atoms with Gasteiger partial charge in [0.25, 0.3) is 0 Å². The van der Waals surface area contributed by atoms with Gasteiger partial charge in [-0.25, -0.2) is 0 Å². The Morgan fingerprint density at radius 2 is 2.25 bits per heavy atom. The lowest BCUT2D eigenvalue weighted by Gasteiger charge is -2.24. The minimum atomic E-state index is -0.0980. The summed E-state index contributed by atoms with van der Waals surface area (Å²) in [5.74, 6) is 2.04. The van der Waals surface area contributed by atoms with E-state index in [1.807, 2.05) is 12.1 Å². The zero-order valence-corrected chi connectivity index (χ0v) is 15.0. The third-order valence-electron chi connectivity index (χ3n) is 4.57. The predicted molar refractivity (Wildman–Crippen MR) is 97.7 cm³/mol. The summed E-state index contributed by atoms with van der Waals surface area (Å²) >= 11 is 7.02. The molecule has 1 fully saturated rings. The highest BCUT2D eigenvalue weighted by Crippen LogP contribution is 2.37. The van der Waals surface area contributed by atoms with E-state index in [9.17, 15) is 4.79 Å². The quantitative estimate of drug-likeness (QED) is 0.805. The minimum absolute atomic E-state index is 0.0965. The van der Waals surface area contributed by atoms with E-state index in [2.05, 4.69) is 32.2 Å². The van der Waals surface area contributed by atoms with Gasteiger partial charge in [0.2, 0.25) is 5.91 Å². The topological polar surface area (TPSA) is 62.7 Å². The molecule has 1 aromatic heterocycles. The van der Waals surface area contributed by atoms with Crippen LogP contribution in [0.5, 0.6) is 0 Å². The van der Waals surface area contributed by atoms with Crippen LogP contribution < -0.4 is 5.32 Å². The number of nitrogens with zero attached hydrogens (tertiary/aromatic N) is 2. The van der Waals surface area contributed by atoms with Crippen molar-refractivity contribution in [2.45, 2.75) is 37.0 Å². The van der Waals surface area contributed by atoms with Crippen LogP contribution in [0.1, 0.15) is 41.1 Å². The van der Waals surface area contributed by atoms with Gasteiger partial charge in [0.15, 0.2) is 4.77 Å². The summed E-state index contributed by atoms with van der Waals surface area (Å²) in [6, 6.07) is 8.76. The first-order valence-electron chi connectivity index (χ1n) is 8.37. The van der Waals surface area contributed by atoms with Crippen molar-refractivity contribution in [1.82, 2.24) is 20.1 Å². The molecule has 24 heavy (non-hydrogen) atoms. The largest absolute Gasteiger partial charge is 0.354 e. The molecule has 7 heteroatoms. The summed E-state index contributed by atoms with van der Waals surface area (Å²) in [5, 5.41) is 10.2. The fraction of sp³-hybridized carbons (Fsp3) is 0.471. The fourth-order valence-corrected chi connectivity index (χ4v) is 4.74. The molecule has 4 rings (SSSR count). The second-order valence-electron chi connectivity index (χ2n) is 6.29. The number of aromatic nitrogens is 3. The van der Waals surface area contributed by atoms with E-state index in [4.69, 9.17) is 12.2 Å². The monoisotopic (exact) mass is 360 g/mol. The Morgan fingerprint density at radius 1 is 1.42 bits per heavy atom. The first kappa shape index (κ1) is 15.9. The summed E-state index contributed by atoms with van der Waals surface area (Å²) in [5.41, 5.74) is 2.46. The lowest BCUT2D eigenvalue weighted by Crippen LogP contribution is -2.32. The van der Waals surface area contributed by atoms with Crippen molar-refractivity contribution in [3.63, 3.8) is 0 Å². The van der Waals surface area contributed by atoms with Crippen molar-refractivity contribution < 1.29 is 4.79 Å². The van der Waals surface area contributed by atoms with Crippen molar-refractivity contribution in [3.05, 3.63) is 46.0 Å². The lowest BCUT2D eigenvalue weighted by molar-refractivity contribution is -0.120. The zero-order chi connectivity index (χ0) is 16.5. The van der Waals surface area contributed by atoms with E-state index in [1.54, 1.807) is 11.8 Å². The highest BCUT2D eigenvalue weighted by atomic mass is 32.2. The van der Waals surface area contributed by atoms with Crippen molar-refractivity contribution in [2.75, 3.05) is 12.3 Å². The van der Waals surface area contributed by atoms with Gasteiger partial charge >= 0.3 is 0 Å². The Bertz CT molecular complexity index is 809. The van der Waals surface area contributed by atoms with Crippen LogP contribution in [0.3, 0.4) is 0 Å². The second-order valence-corrected chi connectivity index (χ2v) is 7.89. The molecule has 1 aliphatic carbocycles. The summed E-state index contributed by atoms with van der Waals surface area (Å²) in [6.07, 6.45) is 4.08. The first-order chi connectivity index (χ1) is 11.7. The van der Waals surface area contributed by atoms with Crippen LogP contribution in [0.25, 0.3) is 0 Å². The normalized spacial score (nSPS) is 19.8. The van der Waals surface area contributed by atoms with Gasteiger partial charge in [0.05, 0.1) is 0 Å². The third-order valence-corrected chi connectivity index (χ3v) is 6.10. The summed E-state index contributed by atoms with van der Waals surface area (Å²) in [4.78, 5) is 12.6. The van der Waals surface area contributed by atoms with Gasteiger partial charge in [-0.15, -0.1) is 11.8 Å². The van der Waals surface area contributed by atoms with Gasteiger partial charge in [-0.3, -0.25) is 9.89 Å². The molecule has 0 unspecified atom stereocenters. The van der Waals surface area contributed by atoms with Crippen LogP contribution in [-0.2, 0) is 17.6 Å². The average molecular weight is 361 g/mol. The molecule has 5 nitrogen and oxygen atoms in total. The number of H-pyrrole nitrogens is 1. The molecule has 1 saturated carbocycles. The molecule has 1 atom stereocenters. The van der Waals surface area contributed by atoms with E-state index in [0.29, 0.717) is 23.8 Å². The number of thioether (sulfide) groups is 1. The zero-order valence-electron chi connectivity index (χ0n) is 13.3. The van der Waals surface area contributed by atoms with Crippen molar-refractivity contribution >= 4 is 29.9 Å². The molecule has 2 aromatic rings. The standard InChI is InChI=1S/C17H20N4OS2/c22-16(15-13-4-2-1-3-11(13)8-10-24-15)18-9-7-14-19-20-17(23)21(14)12-5-6-12/h1-4,12,15H,5-10H2,(H,18,22)(H,20,23)/t15-/m1/s1. The lowest BCUT2D eigenvalue weighted by atomic mass is 10.0. The molecular formula is C17H20N4OS2. The Hall–Kier alpha value is -1.60. The Kier molecular flexibility index (Phi) is 4.45. The molecule has 0 spiro atoms. The summed E-state index contributed by atoms with van der Waals surface area (Å²) < 4.78 is 2.79. The van der Waals surface area contributed by atoms with Gasteiger partial charge in [-0.1, -0.05) is 24.3 Å². The number of hydrogen-bond donors (Lipinski definition) is 2. The molecule has 2 N–H and O–H groups in total. The summed E-state index contributed by atoms with van der Waals surface area (Å²) in [6.45, 7) is 0.588. The second kappa shape index (κ2) is 6.72. The van der Waals surface area contributed by atoms with Gasteiger partial charge in [0.1, 0.15) is 11.1 Å². The van der Waals surface area contributed by atoms with E-state index >= 15 is 0 Å². The number of carbonyl (C=O) groups excluding carboxylic acids is 1. The number of nitrogens with one attached hydrogen (secondary N) is 2. The number of amides is 1. The van der Waals surface area contributed by atoms with E-state index < -0.39 is 0 Å². The average Bonchev–Trinajstić information content (AvgIpc) is 3.37. The van der Waals surface area contributed by atoms with Gasteiger partial charge in [0, 0.05) is 19.0 Å². The number of aromatic amines is 1. The SMILES string of the molecule is O=C(NCCc1n[nH]c(=S)n1C1CC1)[C@@H]1SCCc2ccccc21. The van der Waals surface area contributed by atoms with Crippen molar-refractivity contribution in [1.29, 1.82) is 0 Å². The molecule has 1 aromatic carbocycles. The van der Waals surface area contributed by atoms with Crippen LogP contribution in [0.2, 0.25) is 0 Å². The smallest absolute Gasteiger partial charge is 0.237 e. The number of carbonyl (C=O) groups is 1. The number of rotatable bonds is 5. The predicted octanol–water partition coefficient (Wildman–Crippen LogP) is 2.96. The minimum Gasteiger partial charge on any atom is -0.354 e. The van der Waals surface area contributed by atoms with Crippen molar-refractivity contribution in [3.8, 4) is 0 Å². The van der Waals surface area contributed by atoms with Crippen LogP contribution >= 0.6 is 24.0 Å². The third kappa shape index (κ3) is 3.15. The van der Waals surface area contributed by atoms with Gasteiger partial charge in [-0.2, -0.15) is 5.10 Å². The Labute approximate surface area is 150 Å². The molecule has 1 amide bonds. The molecule has 0 saturated heterocycles. The number of hydrogen-bond acceptors (Lipinski definition) is 4. The number of aryl methyl sites for hydroxylation is 1. The molecule has 126 valence electrons. The van der Waals surface area contributed by atoms with Gasteiger partial charge < -0.3 is 9.88 Å². The molecule has 2 heterocycles. The van der Waals surface area contributed by atoms with Crippen LogP contribution in [0.15, 0.2) is 24.3 Å². The molecular weight excluding hydrogens is 340 g/mol. The summed E-state index contributed by atoms with van der Waals surface area (Å²) in [7, 11) is 0. The fourth-order valence-electron chi connectivity index (χ4n) is 3.22.